The van der Waals surface area contributed by atoms with Crippen LogP contribution in [0, 0.1) is 0 Å². The van der Waals surface area contributed by atoms with Crippen molar-refractivity contribution in [2.45, 2.75) is 4.87 Å². The van der Waals surface area contributed by atoms with Crippen molar-refractivity contribution < 1.29 is 0 Å². The number of alkyl halides is 1. The molecule has 0 N–H and O–H groups in total. The van der Waals surface area contributed by atoms with Gasteiger partial charge >= 0.3 is 0 Å². The van der Waals surface area contributed by atoms with Crippen molar-refractivity contribution >= 4 is 24.0 Å². The van der Waals surface area contributed by atoms with Gasteiger partial charge in [-0.15, -0.1) is 11.6 Å². The Labute approximate surface area is 75.6 Å². The molecule has 0 amide bonds. The highest BCUT2D eigenvalue weighted by Crippen LogP contribution is 2.27. The minimum Gasteiger partial charge on any atom is -0.161 e. The monoisotopic (exact) mass is 178 g/mol. The number of halogens is 1. The summed E-state index contributed by atoms with van der Waals surface area (Å²) in [5, 5.41) is 7.45. The highest BCUT2D eigenvalue weighted by Gasteiger charge is 2.27. The molecule has 12 heavy (non-hydrogen) atoms. The average Bonchev–Trinajstić information content (AvgIpc) is 2.55. The normalized spacial score (nSPS) is 18.4. The highest BCUT2D eigenvalue weighted by molar-refractivity contribution is 6.41. The summed E-state index contributed by atoms with van der Waals surface area (Å²) < 4.78 is 0. The van der Waals surface area contributed by atoms with Crippen LogP contribution < -0.4 is 0 Å². The summed E-state index contributed by atoms with van der Waals surface area (Å²) >= 11 is 6.20. The van der Waals surface area contributed by atoms with Gasteiger partial charge in [-0.2, -0.15) is 10.2 Å². The SMILES string of the molecule is ClC1(c2ccccc2)C=NN=C1. The van der Waals surface area contributed by atoms with Gasteiger partial charge in [-0.3, -0.25) is 0 Å². The Morgan fingerprint density at radius 1 is 1.00 bits per heavy atom. The maximum Gasteiger partial charge on any atom is 0.143 e. The maximum absolute atomic E-state index is 6.20. The van der Waals surface area contributed by atoms with Crippen molar-refractivity contribution in [3.8, 4) is 0 Å². The summed E-state index contributed by atoms with van der Waals surface area (Å²) in [6, 6.07) is 9.75. The molecule has 2 nitrogen and oxygen atoms in total. The molecule has 0 saturated carbocycles. The molecular formula is C9H7ClN2. The molecule has 60 valence electrons. The van der Waals surface area contributed by atoms with Crippen LogP contribution in [-0.2, 0) is 4.87 Å². The van der Waals surface area contributed by atoms with E-state index in [0.717, 1.165) is 5.56 Å². The van der Waals surface area contributed by atoms with Crippen molar-refractivity contribution in [1.29, 1.82) is 0 Å². The molecule has 2 rings (SSSR count). The number of hydrogen-bond acceptors (Lipinski definition) is 2. The topological polar surface area (TPSA) is 24.7 Å². The zero-order valence-corrected chi connectivity index (χ0v) is 7.07. The molecular weight excluding hydrogens is 172 g/mol. The van der Waals surface area contributed by atoms with E-state index in [2.05, 4.69) is 10.2 Å². The van der Waals surface area contributed by atoms with Crippen LogP contribution in [0.15, 0.2) is 40.5 Å². The number of nitrogens with zero attached hydrogens (tertiary/aromatic N) is 2. The molecule has 1 aromatic carbocycles. The molecule has 0 spiro atoms. The molecule has 0 aromatic heterocycles. The minimum atomic E-state index is -0.624. The van der Waals surface area contributed by atoms with Gasteiger partial charge in [0.2, 0.25) is 0 Å². The molecule has 0 unspecified atom stereocenters. The molecule has 3 heteroatoms. The Balaban J connectivity index is 2.43. The largest absolute Gasteiger partial charge is 0.161 e. The van der Waals surface area contributed by atoms with Gasteiger partial charge in [0.05, 0.1) is 12.4 Å². The Hall–Kier alpha value is -1.15. The second kappa shape index (κ2) is 2.72. The summed E-state index contributed by atoms with van der Waals surface area (Å²) in [4.78, 5) is -0.624. The second-order valence-corrected chi connectivity index (χ2v) is 3.25. The molecule has 0 bridgehead atoms. The van der Waals surface area contributed by atoms with Crippen LogP contribution in [0.4, 0.5) is 0 Å². The lowest BCUT2D eigenvalue weighted by atomic mass is 10.0. The smallest absolute Gasteiger partial charge is 0.143 e. The van der Waals surface area contributed by atoms with Crippen LogP contribution in [0.2, 0.25) is 0 Å². The van der Waals surface area contributed by atoms with E-state index in [4.69, 9.17) is 11.6 Å². The van der Waals surface area contributed by atoms with Gasteiger partial charge in [-0.1, -0.05) is 30.3 Å². The van der Waals surface area contributed by atoms with Crippen LogP contribution >= 0.6 is 11.6 Å². The Bertz CT molecular complexity index is 318. The fraction of sp³-hybridized carbons (Fsp3) is 0.111. The summed E-state index contributed by atoms with van der Waals surface area (Å²) in [6.45, 7) is 0. The summed E-state index contributed by atoms with van der Waals surface area (Å²) in [5.74, 6) is 0. The number of hydrogen-bond donors (Lipinski definition) is 0. The quantitative estimate of drug-likeness (QED) is 0.589. The standard InChI is InChI=1S/C9H7ClN2/c10-9(6-11-12-7-9)8-4-2-1-3-5-8/h1-7H. The summed E-state index contributed by atoms with van der Waals surface area (Å²) in [7, 11) is 0. The molecule has 1 aliphatic rings. The summed E-state index contributed by atoms with van der Waals surface area (Å²) in [5.41, 5.74) is 0.997. The van der Waals surface area contributed by atoms with E-state index in [1.54, 1.807) is 12.4 Å². The first kappa shape index (κ1) is 7.50. The first-order chi connectivity index (χ1) is 5.81. The van der Waals surface area contributed by atoms with Crippen LogP contribution in [0.1, 0.15) is 5.56 Å². The van der Waals surface area contributed by atoms with E-state index in [1.807, 2.05) is 30.3 Å². The van der Waals surface area contributed by atoms with E-state index >= 15 is 0 Å². The Kier molecular flexibility index (Phi) is 1.70. The van der Waals surface area contributed by atoms with Gasteiger partial charge in [0, 0.05) is 0 Å². The van der Waals surface area contributed by atoms with Crippen LogP contribution in [0.5, 0.6) is 0 Å². The van der Waals surface area contributed by atoms with Gasteiger partial charge < -0.3 is 0 Å². The van der Waals surface area contributed by atoms with E-state index in [1.165, 1.54) is 0 Å². The van der Waals surface area contributed by atoms with E-state index < -0.39 is 4.87 Å². The second-order valence-electron chi connectivity index (χ2n) is 2.62. The molecule has 0 atom stereocenters. The predicted molar refractivity (Wildman–Crippen MR) is 51.0 cm³/mol. The van der Waals surface area contributed by atoms with Crippen molar-refractivity contribution in [1.82, 2.24) is 0 Å². The summed E-state index contributed by atoms with van der Waals surface area (Å²) in [6.07, 6.45) is 3.26. The van der Waals surface area contributed by atoms with Crippen LogP contribution in [0.25, 0.3) is 0 Å². The molecule has 0 saturated heterocycles. The predicted octanol–water partition coefficient (Wildman–Crippen LogP) is 2.19. The fourth-order valence-electron chi connectivity index (χ4n) is 1.11. The van der Waals surface area contributed by atoms with Crippen molar-refractivity contribution in [3.05, 3.63) is 35.9 Å². The zero-order valence-electron chi connectivity index (χ0n) is 6.31. The lowest BCUT2D eigenvalue weighted by Crippen LogP contribution is -2.19. The maximum atomic E-state index is 6.20. The van der Waals surface area contributed by atoms with Gasteiger partial charge in [0.25, 0.3) is 0 Å². The third-order valence-corrected chi connectivity index (χ3v) is 2.19. The molecule has 1 heterocycles. The molecule has 1 aliphatic heterocycles. The molecule has 1 aromatic rings. The van der Waals surface area contributed by atoms with Gasteiger partial charge in [0.1, 0.15) is 4.87 Å². The van der Waals surface area contributed by atoms with E-state index in [-0.39, 0.29) is 0 Å². The average molecular weight is 179 g/mol. The Morgan fingerprint density at radius 3 is 2.17 bits per heavy atom. The van der Waals surface area contributed by atoms with E-state index in [9.17, 15) is 0 Å². The van der Waals surface area contributed by atoms with E-state index in [0.29, 0.717) is 0 Å². The molecule has 0 aliphatic carbocycles. The zero-order chi connectivity index (χ0) is 8.44. The van der Waals surface area contributed by atoms with Crippen LogP contribution in [-0.4, -0.2) is 12.4 Å². The third kappa shape index (κ3) is 1.14. The van der Waals surface area contributed by atoms with Gasteiger partial charge in [0.15, 0.2) is 0 Å². The highest BCUT2D eigenvalue weighted by atomic mass is 35.5. The number of benzene rings is 1. The Morgan fingerprint density at radius 2 is 1.58 bits per heavy atom. The fourth-order valence-corrected chi connectivity index (χ4v) is 1.32. The number of rotatable bonds is 1. The van der Waals surface area contributed by atoms with Crippen molar-refractivity contribution in [2.75, 3.05) is 0 Å². The first-order valence-electron chi connectivity index (χ1n) is 3.64. The third-order valence-electron chi connectivity index (χ3n) is 1.77. The lowest BCUT2D eigenvalue weighted by Gasteiger charge is -2.12. The molecule has 0 radical (unpaired) electrons. The first-order valence-corrected chi connectivity index (χ1v) is 4.02. The lowest BCUT2D eigenvalue weighted by molar-refractivity contribution is 1.17. The molecule has 0 fully saturated rings. The van der Waals surface area contributed by atoms with Crippen molar-refractivity contribution in [3.63, 3.8) is 0 Å². The van der Waals surface area contributed by atoms with Crippen LogP contribution in [0.3, 0.4) is 0 Å². The van der Waals surface area contributed by atoms with Crippen molar-refractivity contribution in [2.24, 2.45) is 10.2 Å². The minimum absolute atomic E-state index is 0.624. The van der Waals surface area contributed by atoms with Gasteiger partial charge in [-0.25, -0.2) is 0 Å². The van der Waals surface area contributed by atoms with Gasteiger partial charge in [-0.05, 0) is 5.56 Å².